The zero-order valence-corrected chi connectivity index (χ0v) is 13.8. The second-order valence-electron chi connectivity index (χ2n) is 5.00. The second-order valence-corrected chi connectivity index (χ2v) is 6.06. The van der Waals surface area contributed by atoms with Crippen molar-refractivity contribution in [1.29, 1.82) is 0 Å². The number of benzene rings is 2. The minimum Gasteiger partial charge on any atom is -0.207 e. The first kappa shape index (κ1) is 16.4. The highest BCUT2D eigenvalue weighted by Crippen LogP contribution is 2.28. The van der Waals surface area contributed by atoms with E-state index in [0.29, 0.717) is 10.9 Å². The molecule has 0 saturated carbocycles. The van der Waals surface area contributed by atoms with Crippen LogP contribution in [0.1, 0.15) is 29.9 Å². The summed E-state index contributed by atoms with van der Waals surface area (Å²) >= 11 is 9.54. The molecule has 1 unspecified atom stereocenters. The Morgan fingerprint density at radius 1 is 1.10 bits per heavy atom. The SMILES string of the molecule is Fc1ccc(C(CBr)CCCc2ccccc2Cl)c(F)c1. The van der Waals surface area contributed by atoms with Crippen molar-refractivity contribution in [1.82, 2.24) is 0 Å². The van der Waals surface area contributed by atoms with Crippen molar-refractivity contribution in [2.24, 2.45) is 0 Å². The zero-order valence-electron chi connectivity index (χ0n) is 11.5. The quantitative estimate of drug-likeness (QED) is 0.535. The lowest BCUT2D eigenvalue weighted by molar-refractivity contribution is 0.547. The van der Waals surface area contributed by atoms with Crippen LogP contribution in [0, 0.1) is 11.6 Å². The summed E-state index contributed by atoms with van der Waals surface area (Å²) in [6, 6.07) is 11.5. The van der Waals surface area contributed by atoms with E-state index in [-0.39, 0.29) is 5.92 Å². The average Bonchev–Trinajstić information content (AvgIpc) is 2.46. The zero-order chi connectivity index (χ0) is 15.2. The Hall–Kier alpha value is -0.930. The van der Waals surface area contributed by atoms with Gasteiger partial charge in [-0.2, -0.15) is 0 Å². The second kappa shape index (κ2) is 7.90. The van der Waals surface area contributed by atoms with Gasteiger partial charge in [-0.25, -0.2) is 8.78 Å². The summed E-state index contributed by atoms with van der Waals surface area (Å²) in [7, 11) is 0. The van der Waals surface area contributed by atoms with E-state index < -0.39 is 11.6 Å². The first-order valence-corrected chi connectivity index (χ1v) is 8.36. The molecule has 0 saturated heterocycles. The van der Waals surface area contributed by atoms with Crippen LogP contribution in [0.2, 0.25) is 5.02 Å². The minimum atomic E-state index is -0.541. The van der Waals surface area contributed by atoms with Crippen LogP contribution >= 0.6 is 27.5 Å². The van der Waals surface area contributed by atoms with E-state index in [9.17, 15) is 8.78 Å². The number of hydrogen-bond acceptors (Lipinski definition) is 0. The van der Waals surface area contributed by atoms with Gasteiger partial charge in [-0.3, -0.25) is 0 Å². The maximum absolute atomic E-state index is 13.8. The summed E-state index contributed by atoms with van der Waals surface area (Å²) < 4.78 is 26.8. The first-order valence-electron chi connectivity index (χ1n) is 6.86. The Balaban J connectivity index is 1.98. The predicted molar refractivity (Wildman–Crippen MR) is 87.3 cm³/mol. The molecule has 112 valence electrons. The molecule has 0 aliphatic heterocycles. The fourth-order valence-electron chi connectivity index (χ4n) is 2.39. The van der Waals surface area contributed by atoms with Crippen LogP contribution in [0.5, 0.6) is 0 Å². The van der Waals surface area contributed by atoms with Crippen LogP contribution in [-0.2, 0) is 6.42 Å². The Morgan fingerprint density at radius 3 is 2.52 bits per heavy atom. The van der Waals surface area contributed by atoms with Crippen LogP contribution in [0.25, 0.3) is 0 Å². The average molecular weight is 374 g/mol. The van der Waals surface area contributed by atoms with E-state index in [0.717, 1.165) is 35.9 Å². The molecule has 0 N–H and O–H groups in total. The Morgan fingerprint density at radius 2 is 1.86 bits per heavy atom. The molecular formula is C17H16BrClF2. The lowest BCUT2D eigenvalue weighted by Crippen LogP contribution is -2.04. The van der Waals surface area contributed by atoms with Crippen molar-refractivity contribution in [3.05, 3.63) is 70.2 Å². The van der Waals surface area contributed by atoms with E-state index in [4.69, 9.17) is 11.6 Å². The van der Waals surface area contributed by atoms with Gasteiger partial charge in [0.1, 0.15) is 11.6 Å². The van der Waals surface area contributed by atoms with Gasteiger partial charge in [0.25, 0.3) is 0 Å². The summed E-state index contributed by atoms with van der Waals surface area (Å²) in [5.41, 5.74) is 1.67. The van der Waals surface area contributed by atoms with Gasteiger partial charge in [0.05, 0.1) is 0 Å². The smallest absolute Gasteiger partial charge is 0.129 e. The Labute approximate surface area is 137 Å². The fourth-order valence-corrected chi connectivity index (χ4v) is 3.29. The van der Waals surface area contributed by atoms with Crippen LogP contribution < -0.4 is 0 Å². The molecule has 0 amide bonds. The largest absolute Gasteiger partial charge is 0.207 e. The van der Waals surface area contributed by atoms with E-state index in [1.54, 1.807) is 0 Å². The predicted octanol–water partition coefficient (Wildman–Crippen LogP) is 6.12. The molecule has 21 heavy (non-hydrogen) atoms. The van der Waals surface area contributed by atoms with E-state index in [2.05, 4.69) is 15.9 Å². The normalized spacial score (nSPS) is 12.4. The van der Waals surface area contributed by atoms with Crippen LogP contribution in [0.3, 0.4) is 0 Å². The summed E-state index contributed by atoms with van der Waals surface area (Å²) in [4.78, 5) is 0. The molecule has 2 aromatic carbocycles. The highest BCUT2D eigenvalue weighted by molar-refractivity contribution is 9.09. The van der Waals surface area contributed by atoms with Gasteiger partial charge in [-0.15, -0.1) is 0 Å². The van der Waals surface area contributed by atoms with Crippen molar-refractivity contribution in [2.75, 3.05) is 5.33 Å². The molecule has 0 radical (unpaired) electrons. The van der Waals surface area contributed by atoms with Gasteiger partial charge in [0.2, 0.25) is 0 Å². The van der Waals surface area contributed by atoms with Crippen LogP contribution in [0.15, 0.2) is 42.5 Å². The van der Waals surface area contributed by atoms with Gasteiger partial charge in [0.15, 0.2) is 0 Å². The molecule has 1 atom stereocenters. The molecule has 0 aliphatic rings. The van der Waals surface area contributed by atoms with Crippen molar-refractivity contribution < 1.29 is 8.78 Å². The topological polar surface area (TPSA) is 0 Å². The van der Waals surface area contributed by atoms with Crippen molar-refractivity contribution in [2.45, 2.75) is 25.2 Å². The van der Waals surface area contributed by atoms with Crippen molar-refractivity contribution >= 4 is 27.5 Å². The lowest BCUT2D eigenvalue weighted by atomic mass is 9.94. The minimum absolute atomic E-state index is 0.0353. The summed E-state index contributed by atoms with van der Waals surface area (Å²) in [5.74, 6) is -0.981. The molecule has 0 spiro atoms. The summed E-state index contributed by atoms with van der Waals surface area (Å²) in [6.45, 7) is 0. The molecule has 0 fully saturated rings. The van der Waals surface area contributed by atoms with Crippen molar-refractivity contribution in [3.8, 4) is 0 Å². The van der Waals surface area contributed by atoms with Gasteiger partial charge >= 0.3 is 0 Å². The monoisotopic (exact) mass is 372 g/mol. The molecule has 0 heterocycles. The molecule has 0 aliphatic carbocycles. The van der Waals surface area contributed by atoms with E-state index in [1.807, 2.05) is 24.3 Å². The number of hydrogen-bond donors (Lipinski definition) is 0. The maximum atomic E-state index is 13.8. The molecule has 0 aromatic heterocycles. The van der Waals surface area contributed by atoms with Gasteiger partial charge in [-0.1, -0.05) is 51.8 Å². The summed E-state index contributed by atoms with van der Waals surface area (Å²) in [6.07, 6.45) is 2.57. The Bertz CT molecular complexity index is 601. The summed E-state index contributed by atoms with van der Waals surface area (Å²) in [5, 5.41) is 1.42. The molecule has 2 aromatic rings. The fraction of sp³-hybridized carbons (Fsp3) is 0.294. The van der Waals surface area contributed by atoms with Gasteiger partial charge in [0, 0.05) is 16.4 Å². The molecule has 0 bridgehead atoms. The first-order chi connectivity index (χ1) is 10.1. The number of halogens is 4. The van der Waals surface area contributed by atoms with Gasteiger partial charge < -0.3 is 0 Å². The van der Waals surface area contributed by atoms with E-state index in [1.165, 1.54) is 12.1 Å². The molecule has 0 nitrogen and oxygen atoms in total. The van der Waals surface area contributed by atoms with Crippen LogP contribution in [-0.4, -0.2) is 5.33 Å². The maximum Gasteiger partial charge on any atom is 0.129 e. The number of rotatable bonds is 6. The lowest BCUT2D eigenvalue weighted by Gasteiger charge is -2.15. The molecule has 4 heteroatoms. The highest BCUT2D eigenvalue weighted by atomic mass is 79.9. The third kappa shape index (κ3) is 4.52. The molecular weight excluding hydrogens is 358 g/mol. The Kier molecular flexibility index (Phi) is 6.19. The third-order valence-electron chi connectivity index (χ3n) is 3.55. The third-order valence-corrected chi connectivity index (χ3v) is 4.70. The van der Waals surface area contributed by atoms with Crippen LogP contribution in [0.4, 0.5) is 8.78 Å². The number of alkyl halides is 1. The number of aryl methyl sites for hydroxylation is 1. The van der Waals surface area contributed by atoms with Crippen molar-refractivity contribution in [3.63, 3.8) is 0 Å². The molecule has 2 rings (SSSR count). The standard InChI is InChI=1S/C17H16BrClF2/c18-11-13(15-9-8-14(20)10-17(15)21)6-3-5-12-4-1-2-7-16(12)19/h1-2,4,7-10,13H,3,5-6,11H2. The van der Waals surface area contributed by atoms with E-state index >= 15 is 0 Å². The van der Waals surface area contributed by atoms with Gasteiger partial charge in [-0.05, 0) is 48.4 Å². The highest BCUT2D eigenvalue weighted by Gasteiger charge is 2.15.